The van der Waals surface area contributed by atoms with Crippen LogP contribution in [0.2, 0.25) is 0 Å². The molecule has 0 bridgehead atoms. The van der Waals surface area contributed by atoms with E-state index in [4.69, 9.17) is 10.5 Å². The van der Waals surface area contributed by atoms with Gasteiger partial charge in [-0.15, -0.1) is 11.3 Å². The number of ether oxygens (including phenoxy) is 1. The lowest BCUT2D eigenvalue weighted by Crippen LogP contribution is -2.38. The van der Waals surface area contributed by atoms with Gasteiger partial charge in [0.25, 0.3) is 5.91 Å². The number of amides is 2. The van der Waals surface area contributed by atoms with E-state index in [0.29, 0.717) is 22.1 Å². The van der Waals surface area contributed by atoms with Crippen LogP contribution in [0.3, 0.4) is 0 Å². The van der Waals surface area contributed by atoms with Gasteiger partial charge in [0.15, 0.2) is 0 Å². The van der Waals surface area contributed by atoms with Gasteiger partial charge in [0, 0.05) is 22.6 Å². The summed E-state index contributed by atoms with van der Waals surface area (Å²) >= 11 is 1.29. The standard InChI is InChI=1S/C24H21N5O3S/c1-14-20(21(18(12-25)22(26)30)16-6-4-3-5-7-16)23(31)29(28-14)24-27-19(13-33-24)15-8-10-17(32-2)11-9-15/h3-11,13,18,20-21H,1-2H3,(H2,26,30)/t18-,20+,21+/m0/s1. The Morgan fingerprint density at radius 3 is 2.52 bits per heavy atom. The zero-order valence-corrected chi connectivity index (χ0v) is 18.8. The smallest absolute Gasteiger partial charge is 0.259 e. The van der Waals surface area contributed by atoms with Gasteiger partial charge in [-0.3, -0.25) is 9.59 Å². The lowest BCUT2D eigenvalue weighted by molar-refractivity contribution is -0.123. The number of nitrogens with two attached hydrogens (primary N) is 1. The Kier molecular flexibility index (Phi) is 6.20. The molecular formula is C24H21N5O3S. The van der Waals surface area contributed by atoms with Gasteiger partial charge in [0.05, 0.1) is 24.8 Å². The van der Waals surface area contributed by atoms with E-state index in [2.05, 4.69) is 10.1 Å². The Morgan fingerprint density at radius 2 is 1.91 bits per heavy atom. The van der Waals surface area contributed by atoms with Crippen LogP contribution in [0, 0.1) is 23.2 Å². The summed E-state index contributed by atoms with van der Waals surface area (Å²) in [6, 6.07) is 18.4. The van der Waals surface area contributed by atoms with E-state index in [1.165, 1.54) is 16.3 Å². The van der Waals surface area contributed by atoms with Crippen molar-refractivity contribution >= 4 is 34.0 Å². The quantitative estimate of drug-likeness (QED) is 0.579. The lowest BCUT2D eigenvalue weighted by atomic mass is 9.75. The molecule has 2 N–H and O–H groups in total. The van der Waals surface area contributed by atoms with Crippen LogP contribution in [0.25, 0.3) is 11.3 Å². The SMILES string of the molecule is COc1ccc(-c2csc(N3N=C(C)[C@H]([C@H](c4ccccc4)[C@H](C#N)C(N)=O)C3=O)n2)cc1. The van der Waals surface area contributed by atoms with Crippen LogP contribution in [0.1, 0.15) is 18.4 Å². The van der Waals surface area contributed by atoms with Gasteiger partial charge in [-0.25, -0.2) is 4.98 Å². The Hall–Kier alpha value is -4.03. The predicted molar refractivity (Wildman–Crippen MR) is 126 cm³/mol. The van der Waals surface area contributed by atoms with Gasteiger partial charge in [-0.1, -0.05) is 30.3 Å². The maximum absolute atomic E-state index is 13.5. The highest BCUT2D eigenvalue weighted by molar-refractivity contribution is 7.14. The molecule has 33 heavy (non-hydrogen) atoms. The van der Waals surface area contributed by atoms with E-state index in [1.807, 2.05) is 41.8 Å². The number of nitrogens with zero attached hydrogens (tertiary/aromatic N) is 4. The van der Waals surface area contributed by atoms with Crippen LogP contribution in [0.5, 0.6) is 5.75 Å². The first kappa shape index (κ1) is 22.2. The molecule has 166 valence electrons. The first-order valence-corrected chi connectivity index (χ1v) is 11.1. The molecule has 0 radical (unpaired) electrons. The molecule has 1 aromatic heterocycles. The highest BCUT2D eigenvalue weighted by Crippen LogP contribution is 2.39. The lowest BCUT2D eigenvalue weighted by Gasteiger charge is -2.25. The molecule has 2 aromatic carbocycles. The summed E-state index contributed by atoms with van der Waals surface area (Å²) in [4.78, 5) is 30.2. The van der Waals surface area contributed by atoms with Gasteiger partial charge in [-0.2, -0.15) is 15.4 Å². The molecule has 0 spiro atoms. The Morgan fingerprint density at radius 1 is 1.21 bits per heavy atom. The van der Waals surface area contributed by atoms with E-state index >= 15 is 0 Å². The van der Waals surface area contributed by atoms with Crippen molar-refractivity contribution in [1.82, 2.24) is 4.98 Å². The number of thiazole rings is 1. The number of nitriles is 1. The number of rotatable bonds is 7. The minimum absolute atomic E-state index is 0.349. The number of carbonyl (C=O) groups is 2. The van der Waals surface area contributed by atoms with E-state index in [0.717, 1.165) is 11.3 Å². The maximum Gasteiger partial charge on any atom is 0.259 e. The summed E-state index contributed by atoms with van der Waals surface area (Å²) in [5.41, 5.74) is 8.29. The summed E-state index contributed by atoms with van der Waals surface area (Å²) in [5.74, 6) is -3.13. The molecule has 2 amide bonds. The van der Waals surface area contributed by atoms with Gasteiger partial charge in [-0.05, 0) is 36.8 Å². The molecular weight excluding hydrogens is 438 g/mol. The fourth-order valence-corrected chi connectivity index (χ4v) is 4.75. The van der Waals surface area contributed by atoms with Crippen molar-refractivity contribution in [2.24, 2.45) is 22.7 Å². The van der Waals surface area contributed by atoms with E-state index in [-0.39, 0.29) is 5.91 Å². The van der Waals surface area contributed by atoms with E-state index in [1.54, 1.807) is 38.3 Å². The number of hydrogen-bond acceptors (Lipinski definition) is 7. The van der Waals surface area contributed by atoms with Crippen LogP contribution >= 0.6 is 11.3 Å². The number of primary amides is 1. The van der Waals surface area contributed by atoms with Crippen molar-refractivity contribution in [2.45, 2.75) is 12.8 Å². The van der Waals surface area contributed by atoms with E-state index < -0.39 is 23.7 Å². The second-order valence-corrected chi connectivity index (χ2v) is 8.40. The molecule has 0 unspecified atom stereocenters. The molecule has 9 heteroatoms. The third kappa shape index (κ3) is 4.21. The third-order valence-corrected chi connectivity index (χ3v) is 6.41. The molecule has 0 aliphatic carbocycles. The summed E-state index contributed by atoms with van der Waals surface area (Å²) in [7, 11) is 1.60. The number of methoxy groups -OCH3 is 1. The highest BCUT2D eigenvalue weighted by Gasteiger charge is 2.46. The van der Waals surface area contributed by atoms with Gasteiger partial charge in [0.2, 0.25) is 11.0 Å². The summed E-state index contributed by atoms with van der Waals surface area (Å²) < 4.78 is 5.19. The van der Waals surface area contributed by atoms with Crippen LogP contribution in [0.4, 0.5) is 5.13 Å². The van der Waals surface area contributed by atoms with Crippen molar-refractivity contribution in [3.63, 3.8) is 0 Å². The van der Waals surface area contributed by atoms with Crippen LogP contribution in [-0.4, -0.2) is 29.6 Å². The topological polar surface area (TPSA) is 122 Å². The van der Waals surface area contributed by atoms with Crippen LogP contribution in [0.15, 0.2) is 65.1 Å². The van der Waals surface area contributed by atoms with Crippen molar-refractivity contribution < 1.29 is 14.3 Å². The van der Waals surface area contributed by atoms with Gasteiger partial charge < -0.3 is 10.5 Å². The average molecular weight is 460 g/mol. The van der Waals surface area contributed by atoms with Crippen molar-refractivity contribution in [1.29, 1.82) is 5.26 Å². The molecule has 1 aliphatic rings. The van der Waals surface area contributed by atoms with Crippen LogP contribution < -0.4 is 15.5 Å². The number of carbonyl (C=O) groups excluding carboxylic acids is 2. The van der Waals surface area contributed by atoms with Gasteiger partial charge in [0.1, 0.15) is 11.7 Å². The summed E-state index contributed by atoms with van der Waals surface area (Å²) in [5, 5.41) is 17.6. The number of aromatic nitrogens is 1. The van der Waals surface area contributed by atoms with Crippen LogP contribution in [-0.2, 0) is 9.59 Å². The molecule has 1 aliphatic heterocycles. The number of anilines is 1. The number of benzene rings is 2. The average Bonchev–Trinajstić information content (AvgIpc) is 3.42. The van der Waals surface area contributed by atoms with E-state index in [9.17, 15) is 14.9 Å². The van der Waals surface area contributed by atoms with Crippen molar-refractivity contribution in [3.8, 4) is 23.1 Å². The Balaban J connectivity index is 1.67. The zero-order chi connectivity index (χ0) is 23.5. The van der Waals surface area contributed by atoms with Gasteiger partial charge >= 0.3 is 0 Å². The van der Waals surface area contributed by atoms with Crippen molar-refractivity contribution in [3.05, 3.63) is 65.5 Å². The molecule has 3 atom stereocenters. The second kappa shape index (κ2) is 9.22. The molecule has 0 saturated heterocycles. The first-order valence-electron chi connectivity index (χ1n) is 10.2. The molecule has 4 rings (SSSR count). The Labute approximate surface area is 194 Å². The molecule has 3 aromatic rings. The molecule has 0 saturated carbocycles. The number of hydrogen-bond donors (Lipinski definition) is 1. The minimum atomic E-state index is -1.18. The fourth-order valence-electron chi connectivity index (χ4n) is 3.96. The normalized spacial score (nSPS) is 17.2. The summed E-state index contributed by atoms with van der Waals surface area (Å²) in [6.07, 6.45) is 0. The largest absolute Gasteiger partial charge is 0.497 e. The zero-order valence-electron chi connectivity index (χ0n) is 18.0. The minimum Gasteiger partial charge on any atom is -0.497 e. The molecule has 0 fully saturated rings. The predicted octanol–water partition coefficient (Wildman–Crippen LogP) is 3.57. The van der Waals surface area contributed by atoms with Crippen molar-refractivity contribution in [2.75, 3.05) is 12.1 Å². The Bertz CT molecular complexity index is 1250. The molecule has 8 nitrogen and oxygen atoms in total. The monoisotopic (exact) mass is 459 g/mol. The summed E-state index contributed by atoms with van der Waals surface area (Å²) in [6.45, 7) is 1.71. The number of hydrazone groups is 1. The molecule has 2 heterocycles. The third-order valence-electron chi connectivity index (χ3n) is 5.59. The second-order valence-electron chi connectivity index (χ2n) is 7.56. The fraction of sp³-hybridized carbons (Fsp3) is 0.208. The highest BCUT2D eigenvalue weighted by atomic mass is 32.1. The maximum atomic E-state index is 13.5. The first-order chi connectivity index (χ1) is 15.9.